The van der Waals surface area contributed by atoms with Crippen LogP contribution in [0.25, 0.3) is 22.2 Å². The number of benzene rings is 3. The van der Waals surface area contributed by atoms with Crippen molar-refractivity contribution in [2.45, 2.75) is 25.8 Å². The molecule has 1 atom stereocenters. The second kappa shape index (κ2) is 12.5. The Kier molecular flexibility index (Phi) is 8.91. The molecule has 1 aromatic heterocycles. The SMILES string of the molecule is C=C(/C(=C\C=C/Cl)c1nc2c(F)cc(F)cc2[nH]1)c1ccc(C(=O)N[C@H](CCC)c2ccccc2)cc1C(=O)O. The van der Waals surface area contributed by atoms with Gasteiger partial charge in [-0.05, 0) is 47.4 Å². The molecule has 4 aromatic rings. The van der Waals surface area contributed by atoms with Gasteiger partial charge in [-0.1, -0.05) is 74.0 Å². The fraction of sp³-hybridized carbons (Fsp3) is 0.129. The second-order valence-electron chi connectivity index (χ2n) is 9.04. The van der Waals surface area contributed by atoms with Gasteiger partial charge in [0.25, 0.3) is 5.91 Å². The zero-order chi connectivity index (χ0) is 28.8. The van der Waals surface area contributed by atoms with Crippen molar-refractivity contribution < 1.29 is 23.5 Å². The van der Waals surface area contributed by atoms with Crippen molar-refractivity contribution in [3.05, 3.63) is 125 Å². The number of carboxylic acid groups (broad SMARTS) is 1. The molecule has 0 bridgehead atoms. The van der Waals surface area contributed by atoms with Gasteiger partial charge >= 0.3 is 5.97 Å². The van der Waals surface area contributed by atoms with Crippen molar-refractivity contribution in [1.82, 2.24) is 15.3 Å². The molecule has 1 heterocycles. The molecule has 3 aromatic carbocycles. The first-order chi connectivity index (χ1) is 19.2. The average molecular weight is 562 g/mol. The molecular formula is C31H26ClF2N3O3. The van der Waals surface area contributed by atoms with Crippen LogP contribution in [0.3, 0.4) is 0 Å². The summed E-state index contributed by atoms with van der Waals surface area (Å²) < 4.78 is 28.1. The summed E-state index contributed by atoms with van der Waals surface area (Å²) >= 11 is 5.72. The van der Waals surface area contributed by atoms with E-state index in [-0.39, 0.29) is 45.2 Å². The number of carbonyl (C=O) groups excluding carboxylic acids is 1. The topological polar surface area (TPSA) is 95.1 Å². The van der Waals surface area contributed by atoms with Crippen LogP contribution in [0.4, 0.5) is 8.78 Å². The second-order valence-corrected chi connectivity index (χ2v) is 9.29. The number of nitrogens with one attached hydrogen (secondary N) is 2. The van der Waals surface area contributed by atoms with Crippen molar-refractivity contribution in [3.63, 3.8) is 0 Å². The Hall–Kier alpha value is -4.56. The maximum atomic E-state index is 14.3. The number of fused-ring (bicyclic) bond motifs is 1. The fourth-order valence-electron chi connectivity index (χ4n) is 4.43. The molecule has 4 rings (SSSR count). The highest BCUT2D eigenvalue weighted by Crippen LogP contribution is 2.33. The van der Waals surface area contributed by atoms with Crippen LogP contribution in [0.5, 0.6) is 0 Å². The molecule has 0 aliphatic heterocycles. The summed E-state index contributed by atoms with van der Waals surface area (Å²) in [5, 5.41) is 13.0. The number of aromatic amines is 1. The number of H-pyrrole nitrogens is 1. The molecule has 0 spiro atoms. The lowest BCUT2D eigenvalue weighted by Crippen LogP contribution is -2.28. The van der Waals surface area contributed by atoms with Gasteiger partial charge in [-0.2, -0.15) is 0 Å². The van der Waals surface area contributed by atoms with Crippen LogP contribution in [-0.2, 0) is 0 Å². The lowest BCUT2D eigenvalue weighted by molar-refractivity contribution is 0.0696. The van der Waals surface area contributed by atoms with Crippen LogP contribution in [0.15, 0.2) is 84.9 Å². The van der Waals surface area contributed by atoms with Gasteiger partial charge in [0.15, 0.2) is 5.82 Å². The van der Waals surface area contributed by atoms with Crippen molar-refractivity contribution >= 4 is 45.7 Å². The monoisotopic (exact) mass is 561 g/mol. The molecule has 0 fully saturated rings. The van der Waals surface area contributed by atoms with Crippen LogP contribution in [0.1, 0.15) is 63.5 Å². The normalized spacial score (nSPS) is 12.6. The third-order valence-electron chi connectivity index (χ3n) is 6.34. The van der Waals surface area contributed by atoms with Crippen LogP contribution in [0.2, 0.25) is 0 Å². The number of allylic oxidation sites excluding steroid dienone is 4. The predicted molar refractivity (Wildman–Crippen MR) is 153 cm³/mol. The zero-order valence-corrected chi connectivity index (χ0v) is 22.3. The van der Waals surface area contributed by atoms with E-state index in [1.54, 1.807) is 0 Å². The molecule has 0 saturated carbocycles. The molecular weight excluding hydrogens is 536 g/mol. The van der Waals surface area contributed by atoms with Gasteiger partial charge in [-0.15, -0.1) is 0 Å². The Labute approximate surface area is 234 Å². The largest absolute Gasteiger partial charge is 0.478 e. The van der Waals surface area contributed by atoms with E-state index >= 15 is 0 Å². The van der Waals surface area contributed by atoms with Crippen LogP contribution in [0, 0.1) is 11.6 Å². The minimum Gasteiger partial charge on any atom is -0.478 e. The van der Waals surface area contributed by atoms with Gasteiger partial charge in [-0.25, -0.2) is 18.6 Å². The molecule has 204 valence electrons. The standard InChI is InChI=1S/C31H26ClF2N3O3/c1-3-8-26(19-9-5-4-6-10-19)36-30(38)20-12-13-22(24(15-20)31(39)40)18(2)23(11-7-14-32)29-35-27-17-21(33)16-25(34)28(27)37-29/h4-7,9-17,26H,2-3,8H2,1H3,(H,35,37)(H,36,38)(H,39,40)/b14-7-,23-11+/t26-/m1/s1. The molecule has 40 heavy (non-hydrogen) atoms. The van der Waals surface area contributed by atoms with Crippen molar-refractivity contribution in [1.29, 1.82) is 0 Å². The first kappa shape index (κ1) is 28.4. The predicted octanol–water partition coefficient (Wildman–Crippen LogP) is 7.66. The number of carboxylic acids is 1. The minimum absolute atomic E-state index is 0.0875. The first-order valence-corrected chi connectivity index (χ1v) is 12.9. The number of rotatable bonds is 10. The third-order valence-corrected chi connectivity index (χ3v) is 6.49. The molecule has 3 N–H and O–H groups in total. The van der Waals surface area contributed by atoms with Crippen molar-refractivity contribution in [2.24, 2.45) is 0 Å². The van der Waals surface area contributed by atoms with Gasteiger partial charge in [0.1, 0.15) is 17.2 Å². The van der Waals surface area contributed by atoms with E-state index in [0.29, 0.717) is 12.0 Å². The Morgan fingerprint density at radius 3 is 2.55 bits per heavy atom. The third kappa shape index (κ3) is 6.18. The summed E-state index contributed by atoms with van der Waals surface area (Å²) in [4.78, 5) is 32.6. The number of hydrogen-bond acceptors (Lipinski definition) is 3. The molecule has 0 radical (unpaired) electrons. The Morgan fingerprint density at radius 2 is 1.88 bits per heavy atom. The summed E-state index contributed by atoms with van der Waals surface area (Å²) in [6, 6.07) is 15.4. The summed E-state index contributed by atoms with van der Waals surface area (Å²) in [5.41, 5.74) is 2.91. The van der Waals surface area contributed by atoms with Gasteiger partial charge in [-0.3, -0.25) is 4.79 Å². The molecule has 1 amide bonds. The maximum Gasteiger partial charge on any atom is 0.336 e. The maximum absolute atomic E-state index is 14.3. The van der Waals surface area contributed by atoms with E-state index in [4.69, 9.17) is 11.6 Å². The number of carbonyl (C=O) groups is 2. The average Bonchev–Trinajstić information content (AvgIpc) is 3.37. The number of hydrogen-bond donors (Lipinski definition) is 3. The van der Waals surface area contributed by atoms with E-state index < -0.39 is 23.5 Å². The van der Waals surface area contributed by atoms with Gasteiger partial charge < -0.3 is 15.4 Å². The van der Waals surface area contributed by atoms with E-state index in [1.807, 2.05) is 37.3 Å². The lowest BCUT2D eigenvalue weighted by Gasteiger charge is -2.19. The number of aromatic carboxylic acids is 1. The molecule has 6 nitrogen and oxygen atoms in total. The smallest absolute Gasteiger partial charge is 0.336 e. The van der Waals surface area contributed by atoms with Crippen LogP contribution >= 0.6 is 11.6 Å². The lowest BCUT2D eigenvalue weighted by atomic mass is 9.92. The van der Waals surface area contributed by atoms with Crippen LogP contribution < -0.4 is 5.32 Å². The summed E-state index contributed by atoms with van der Waals surface area (Å²) in [6.45, 7) is 6.07. The van der Waals surface area contributed by atoms with E-state index in [0.717, 1.165) is 24.1 Å². The number of aromatic nitrogens is 2. The summed E-state index contributed by atoms with van der Waals surface area (Å²) in [5.74, 6) is -3.20. The van der Waals surface area contributed by atoms with Crippen LogP contribution in [-0.4, -0.2) is 27.0 Å². The van der Waals surface area contributed by atoms with Crippen molar-refractivity contribution in [2.75, 3.05) is 0 Å². The minimum atomic E-state index is -1.27. The van der Waals surface area contributed by atoms with Gasteiger partial charge in [0.05, 0.1) is 17.1 Å². The van der Waals surface area contributed by atoms with Gasteiger partial charge in [0.2, 0.25) is 0 Å². The molecule has 9 heteroatoms. The van der Waals surface area contributed by atoms with Crippen molar-refractivity contribution in [3.8, 4) is 0 Å². The number of amides is 1. The summed E-state index contributed by atoms with van der Waals surface area (Å²) in [6.07, 6.45) is 4.53. The zero-order valence-electron chi connectivity index (χ0n) is 21.5. The molecule has 0 unspecified atom stereocenters. The molecule has 0 aliphatic rings. The van der Waals surface area contributed by atoms with Gasteiger partial charge in [0, 0.05) is 22.7 Å². The quantitative estimate of drug-likeness (QED) is 0.173. The Balaban J connectivity index is 1.71. The van der Waals surface area contributed by atoms with E-state index in [1.165, 1.54) is 35.9 Å². The number of nitrogens with zero attached hydrogens (tertiary/aromatic N) is 1. The highest BCUT2D eigenvalue weighted by molar-refractivity contribution is 6.25. The Bertz CT molecular complexity index is 1640. The highest BCUT2D eigenvalue weighted by atomic mass is 35.5. The fourth-order valence-corrected chi connectivity index (χ4v) is 4.51. The molecule has 0 saturated heterocycles. The van der Waals surface area contributed by atoms with E-state index in [9.17, 15) is 23.5 Å². The number of imidazole rings is 1. The number of halogens is 3. The highest BCUT2D eigenvalue weighted by Gasteiger charge is 2.22. The Morgan fingerprint density at radius 1 is 1.12 bits per heavy atom. The first-order valence-electron chi connectivity index (χ1n) is 12.5. The van der Waals surface area contributed by atoms with E-state index in [2.05, 4.69) is 21.9 Å². The molecule has 0 aliphatic carbocycles. The summed E-state index contributed by atoms with van der Waals surface area (Å²) in [7, 11) is 0.